The van der Waals surface area contributed by atoms with Crippen LogP contribution in [0.5, 0.6) is 0 Å². The van der Waals surface area contributed by atoms with Gasteiger partial charge in [0.25, 0.3) is 10.0 Å². The molecule has 7 nitrogen and oxygen atoms in total. The van der Waals surface area contributed by atoms with Crippen LogP contribution in [0.4, 0.5) is 5.69 Å². The lowest BCUT2D eigenvalue weighted by atomic mass is 9.95. The van der Waals surface area contributed by atoms with E-state index >= 15 is 0 Å². The highest BCUT2D eigenvalue weighted by Crippen LogP contribution is 2.26. The van der Waals surface area contributed by atoms with Gasteiger partial charge in [0.05, 0.1) is 10.6 Å². The molecule has 41 heavy (non-hydrogen) atoms. The van der Waals surface area contributed by atoms with Gasteiger partial charge in [-0.1, -0.05) is 82.7 Å². The first kappa shape index (κ1) is 30.8. The molecule has 0 aliphatic heterocycles. The first-order chi connectivity index (χ1) is 19.5. The van der Waals surface area contributed by atoms with Crippen molar-refractivity contribution in [3.63, 3.8) is 0 Å². The minimum Gasteiger partial charge on any atom is -0.352 e. The third kappa shape index (κ3) is 7.98. The fraction of sp³-hybridized carbons (Fsp3) is 0.375. The van der Waals surface area contributed by atoms with Gasteiger partial charge in [-0.2, -0.15) is 0 Å². The van der Waals surface area contributed by atoms with E-state index in [1.807, 2.05) is 50.2 Å². The van der Waals surface area contributed by atoms with E-state index in [2.05, 4.69) is 21.2 Å². The highest BCUT2D eigenvalue weighted by Gasteiger charge is 2.33. The Bertz CT molecular complexity index is 1440. The monoisotopic (exact) mass is 639 g/mol. The summed E-state index contributed by atoms with van der Waals surface area (Å²) in [4.78, 5) is 29.0. The number of benzene rings is 3. The summed E-state index contributed by atoms with van der Waals surface area (Å²) < 4.78 is 29.9. The van der Waals surface area contributed by atoms with Crippen LogP contribution >= 0.6 is 15.9 Å². The number of halogens is 1. The average molecular weight is 641 g/mol. The number of aryl methyl sites for hydroxylation is 2. The summed E-state index contributed by atoms with van der Waals surface area (Å²) >= 11 is 3.44. The lowest BCUT2D eigenvalue weighted by Crippen LogP contribution is -2.53. The second-order valence-corrected chi connectivity index (χ2v) is 13.6. The molecule has 0 aromatic heterocycles. The van der Waals surface area contributed by atoms with Crippen molar-refractivity contribution in [3.05, 3.63) is 94.0 Å². The normalized spacial score (nSPS) is 14.7. The molecule has 9 heteroatoms. The zero-order valence-electron chi connectivity index (χ0n) is 23.8. The van der Waals surface area contributed by atoms with E-state index in [1.165, 1.54) is 11.3 Å². The minimum absolute atomic E-state index is 0.0919. The van der Waals surface area contributed by atoms with Crippen molar-refractivity contribution in [1.82, 2.24) is 10.2 Å². The van der Waals surface area contributed by atoms with Crippen LogP contribution in [-0.2, 0) is 26.2 Å². The van der Waals surface area contributed by atoms with Crippen molar-refractivity contribution in [3.8, 4) is 0 Å². The number of carbonyl (C=O) groups is 2. The number of rotatable bonds is 10. The fourth-order valence-corrected chi connectivity index (χ4v) is 6.69. The average Bonchev–Trinajstić information content (AvgIpc) is 2.96. The van der Waals surface area contributed by atoms with Crippen molar-refractivity contribution >= 4 is 43.5 Å². The standard InChI is InChI=1S/C32H38BrN3O4S/c1-23-9-17-29(18-10-23)36(41(39,40)30-19-11-24(2)12-20-30)22-31(37)35(21-26-13-15-27(33)16-14-26)25(3)32(38)34-28-7-5-4-6-8-28/h9-20,25,28H,4-8,21-22H2,1-3H3,(H,34,38). The number of amides is 2. The molecule has 0 saturated heterocycles. The quantitative estimate of drug-likeness (QED) is 0.289. The molecule has 0 radical (unpaired) electrons. The molecule has 1 N–H and O–H groups in total. The zero-order chi connectivity index (χ0) is 29.6. The number of hydrogen-bond donors (Lipinski definition) is 1. The first-order valence-corrected chi connectivity index (χ1v) is 16.3. The predicted octanol–water partition coefficient (Wildman–Crippen LogP) is 6.13. The van der Waals surface area contributed by atoms with Crippen molar-refractivity contribution in [2.24, 2.45) is 0 Å². The van der Waals surface area contributed by atoms with E-state index in [0.717, 1.165) is 51.2 Å². The summed E-state index contributed by atoms with van der Waals surface area (Å²) in [7, 11) is -4.08. The number of sulfonamides is 1. The van der Waals surface area contributed by atoms with Gasteiger partial charge in [-0.25, -0.2) is 8.42 Å². The third-order valence-corrected chi connectivity index (χ3v) is 9.91. The maximum atomic E-state index is 14.1. The van der Waals surface area contributed by atoms with Gasteiger partial charge < -0.3 is 10.2 Å². The molecular formula is C32H38BrN3O4S. The van der Waals surface area contributed by atoms with Crippen molar-refractivity contribution in [2.75, 3.05) is 10.8 Å². The topological polar surface area (TPSA) is 86.8 Å². The molecule has 1 unspecified atom stereocenters. The summed E-state index contributed by atoms with van der Waals surface area (Å²) in [5.41, 5.74) is 3.12. The van der Waals surface area contributed by atoms with E-state index in [4.69, 9.17) is 0 Å². The van der Waals surface area contributed by atoms with Crippen LogP contribution in [0.3, 0.4) is 0 Å². The zero-order valence-corrected chi connectivity index (χ0v) is 26.2. The van der Waals surface area contributed by atoms with E-state index in [-0.39, 0.29) is 23.4 Å². The van der Waals surface area contributed by atoms with Crippen molar-refractivity contribution in [2.45, 2.75) is 76.4 Å². The number of carbonyl (C=O) groups excluding carboxylic acids is 2. The minimum atomic E-state index is -4.08. The smallest absolute Gasteiger partial charge is 0.264 e. The molecule has 218 valence electrons. The van der Waals surface area contributed by atoms with Gasteiger partial charge in [0, 0.05) is 17.1 Å². The summed E-state index contributed by atoms with van der Waals surface area (Å²) in [6, 6.07) is 20.4. The molecular weight excluding hydrogens is 602 g/mol. The molecule has 1 fully saturated rings. The van der Waals surface area contributed by atoms with Crippen LogP contribution in [0.1, 0.15) is 55.7 Å². The predicted molar refractivity (Wildman–Crippen MR) is 166 cm³/mol. The Balaban J connectivity index is 1.66. The van der Waals surface area contributed by atoms with Crippen LogP contribution in [0, 0.1) is 13.8 Å². The maximum absolute atomic E-state index is 14.1. The van der Waals surface area contributed by atoms with Gasteiger partial charge in [-0.3, -0.25) is 13.9 Å². The molecule has 3 aromatic carbocycles. The van der Waals surface area contributed by atoms with Crippen LogP contribution < -0.4 is 9.62 Å². The Labute approximate surface area is 252 Å². The molecule has 1 saturated carbocycles. The Morgan fingerprint density at radius 3 is 2.02 bits per heavy atom. The van der Waals surface area contributed by atoms with E-state index in [9.17, 15) is 18.0 Å². The molecule has 1 aliphatic rings. The molecule has 4 rings (SSSR count). The number of nitrogens with one attached hydrogen (secondary N) is 1. The van der Waals surface area contributed by atoms with Crippen LogP contribution in [0.25, 0.3) is 0 Å². The van der Waals surface area contributed by atoms with Gasteiger partial charge >= 0.3 is 0 Å². The first-order valence-electron chi connectivity index (χ1n) is 14.0. The number of hydrogen-bond acceptors (Lipinski definition) is 4. The summed E-state index contributed by atoms with van der Waals surface area (Å²) in [6.07, 6.45) is 5.16. The summed E-state index contributed by atoms with van der Waals surface area (Å²) in [6.45, 7) is 5.23. The van der Waals surface area contributed by atoms with Crippen LogP contribution in [-0.4, -0.2) is 43.8 Å². The van der Waals surface area contributed by atoms with Gasteiger partial charge in [-0.15, -0.1) is 0 Å². The van der Waals surface area contributed by atoms with Crippen LogP contribution in [0.2, 0.25) is 0 Å². The fourth-order valence-electron chi connectivity index (χ4n) is 5.02. The largest absolute Gasteiger partial charge is 0.352 e. The Kier molecular flexibility index (Phi) is 10.3. The van der Waals surface area contributed by atoms with Gasteiger partial charge in [-0.05, 0) is 75.6 Å². The number of anilines is 1. The van der Waals surface area contributed by atoms with Crippen molar-refractivity contribution in [1.29, 1.82) is 0 Å². The highest BCUT2D eigenvalue weighted by molar-refractivity contribution is 9.10. The third-order valence-electron chi connectivity index (χ3n) is 7.59. The van der Waals surface area contributed by atoms with Gasteiger partial charge in [0.15, 0.2) is 0 Å². The van der Waals surface area contributed by atoms with Crippen LogP contribution in [0.15, 0.2) is 82.2 Å². The summed E-state index contributed by atoms with van der Waals surface area (Å²) in [5.74, 6) is -0.693. The Morgan fingerprint density at radius 2 is 1.44 bits per heavy atom. The molecule has 3 aromatic rings. The van der Waals surface area contributed by atoms with Crippen molar-refractivity contribution < 1.29 is 18.0 Å². The molecule has 1 aliphatic carbocycles. The van der Waals surface area contributed by atoms with E-state index in [0.29, 0.717) is 5.69 Å². The maximum Gasteiger partial charge on any atom is 0.264 e. The van der Waals surface area contributed by atoms with E-state index < -0.39 is 28.5 Å². The number of nitrogens with zero attached hydrogens (tertiary/aromatic N) is 2. The lowest BCUT2D eigenvalue weighted by molar-refractivity contribution is -0.139. The summed E-state index contributed by atoms with van der Waals surface area (Å²) in [5, 5.41) is 3.13. The molecule has 2 amide bonds. The molecule has 0 heterocycles. The van der Waals surface area contributed by atoms with Gasteiger partial charge in [0.1, 0.15) is 12.6 Å². The molecule has 1 atom stereocenters. The Morgan fingerprint density at radius 1 is 0.878 bits per heavy atom. The van der Waals surface area contributed by atoms with Gasteiger partial charge in [0.2, 0.25) is 11.8 Å². The second kappa shape index (κ2) is 13.7. The molecule has 0 bridgehead atoms. The van der Waals surface area contributed by atoms with E-state index in [1.54, 1.807) is 43.3 Å². The lowest BCUT2D eigenvalue weighted by Gasteiger charge is -2.33. The Hall–Kier alpha value is -3.17. The molecule has 0 spiro atoms. The second-order valence-electron chi connectivity index (χ2n) is 10.8. The highest BCUT2D eigenvalue weighted by atomic mass is 79.9. The SMILES string of the molecule is Cc1ccc(N(CC(=O)N(Cc2ccc(Br)cc2)C(C)C(=O)NC2CCCCC2)S(=O)(=O)c2ccc(C)cc2)cc1.